The standard InChI is InChI=1S/C14H20N2O3/c1-10(2)9-16-14(19)13(18)15-8-7-11-3-5-12(17)6-4-11/h3-6,10,17H,7-9H2,1-2H3,(H,15,18)(H,16,19). The number of hydrogen-bond acceptors (Lipinski definition) is 3. The van der Waals surface area contributed by atoms with Gasteiger partial charge in [0.1, 0.15) is 5.75 Å². The molecule has 0 saturated carbocycles. The van der Waals surface area contributed by atoms with E-state index in [1.165, 1.54) is 0 Å². The van der Waals surface area contributed by atoms with Crippen molar-refractivity contribution < 1.29 is 14.7 Å². The van der Waals surface area contributed by atoms with Crippen molar-refractivity contribution in [2.24, 2.45) is 5.92 Å². The van der Waals surface area contributed by atoms with Crippen LogP contribution in [-0.2, 0) is 16.0 Å². The molecule has 0 heterocycles. The molecule has 0 saturated heterocycles. The van der Waals surface area contributed by atoms with E-state index >= 15 is 0 Å². The minimum Gasteiger partial charge on any atom is -0.508 e. The van der Waals surface area contributed by atoms with Crippen LogP contribution in [0.2, 0.25) is 0 Å². The van der Waals surface area contributed by atoms with Gasteiger partial charge in [0.25, 0.3) is 0 Å². The van der Waals surface area contributed by atoms with Crippen LogP contribution in [0.4, 0.5) is 0 Å². The second kappa shape index (κ2) is 7.41. The van der Waals surface area contributed by atoms with Gasteiger partial charge < -0.3 is 15.7 Å². The molecule has 0 aliphatic rings. The molecular formula is C14H20N2O3. The zero-order valence-electron chi connectivity index (χ0n) is 11.3. The maximum atomic E-state index is 11.4. The first-order valence-corrected chi connectivity index (χ1v) is 6.33. The predicted octanol–water partition coefficient (Wildman–Crippen LogP) is 0.823. The van der Waals surface area contributed by atoms with Crippen LogP contribution in [0, 0.1) is 5.92 Å². The molecule has 104 valence electrons. The Morgan fingerprint density at radius 3 is 2.26 bits per heavy atom. The first-order valence-electron chi connectivity index (χ1n) is 6.33. The molecule has 19 heavy (non-hydrogen) atoms. The monoisotopic (exact) mass is 264 g/mol. The summed E-state index contributed by atoms with van der Waals surface area (Å²) in [5.74, 6) is -0.687. The smallest absolute Gasteiger partial charge is 0.309 e. The number of nitrogens with one attached hydrogen (secondary N) is 2. The Bertz CT molecular complexity index is 427. The number of benzene rings is 1. The molecule has 1 rings (SSSR count). The summed E-state index contributed by atoms with van der Waals surface area (Å²) in [7, 11) is 0. The normalized spacial score (nSPS) is 10.3. The van der Waals surface area contributed by atoms with E-state index in [4.69, 9.17) is 5.11 Å². The zero-order valence-corrected chi connectivity index (χ0v) is 11.3. The molecule has 0 aromatic heterocycles. The Kier molecular flexibility index (Phi) is 5.85. The Hall–Kier alpha value is -2.04. The molecule has 0 fully saturated rings. The Morgan fingerprint density at radius 2 is 1.68 bits per heavy atom. The van der Waals surface area contributed by atoms with Gasteiger partial charge in [0, 0.05) is 13.1 Å². The van der Waals surface area contributed by atoms with Gasteiger partial charge in [-0.2, -0.15) is 0 Å². The Labute approximate surface area is 113 Å². The quantitative estimate of drug-likeness (QED) is 0.689. The van der Waals surface area contributed by atoms with Crippen molar-refractivity contribution in [3.05, 3.63) is 29.8 Å². The van der Waals surface area contributed by atoms with Crippen molar-refractivity contribution in [3.63, 3.8) is 0 Å². The van der Waals surface area contributed by atoms with E-state index in [0.717, 1.165) is 5.56 Å². The Morgan fingerprint density at radius 1 is 1.11 bits per heavy atom. The minimum atomic E-state index is -0.612. The van der Waals surface area contributed by atoms with E-state index in [0.29, 0.717) is 25.4 Å². The van der Waals surface area contributed by atoms with Gasteiger partial charge in [0.05, 0.1) is 0 Å². The van der Waals surface area contributed by atoms with Crippen LogP contribution in [0.15, 0.2) is 24.3 Å². The van der Waals surface area contributed by atoms with Gasteiger partial charge in [0.15, 0.2) is 0 Å². The van der Waals surface area contributed by atoms with Crippen LogP contribution in [0.25, 0.3) is 0 Å². The number of rotatable bonds is 5. The molecule has 0 atom stereocenters. The van der Waals surface area contributed by atoms with E-state index in [-0.39, 0.29) is 5.75 Å². The lowest BCUT2D eigenvalue weighted by atomic mass is 10.1. The van der Waals surface area contributed by atoms with Crippen molar-refractivity contribution in [1.29, 1.82) is 0 Å². The fourth-order valence-corrected chi connectivity index (χ4v) is 1.44. The first kappa shape index (κ1) is 15.0. The third kappa shape index (κ3) is 5.90. The van der Waals surface area contributed by atoms with Crippen LogP contribution >= 0.6 is 0 Å². The van der Waals surface area contributed by atoms with Crippen LogP contribution in [-0.4, -0.2) is 30.0 Å². The van der Waals surface area contributed by atoms with Gasteiger partial charge >= 0.3 is 11.8 Å². The third-order valence-electron chi connectivity index (χ3n) is 2.51. The minimum absolute atomic E-state index is 0.209. The summed E-state index contributed by atoms with van der Waals surface area (Å²) in [6.07, 6.45) is 0.615. The highest BCUT2D eigenvalue weighted by molar-refractivity contribution is 6.35. The van der Waals surface area contributed by atoms with Gasteiger partial charge in [0.2, 0.25) is 0 Å². The maximum absolute atomic E-state index is 11.4. The summed E-state index contributed by atoms with van der Waals surface area (Å²) in [4.78, 5) is 22.8. The molecular weight excluding hydrogens is 244 g/mol. The summed E-state index contributed by atoms with van der Waals surface area (Å²) < 4.78 is 0. The molecule has 0 spiro atoms. The molecule has 0 radical (unpaired) electrons. The SMILES string of the molecule is CC(C)CNC(=O)C(=O)NCCc1ccc(O)cc1. The van der Waals surface area contributed by atoms with E-state index in [2.05, 4.69) is 10.6 Å². The van der Waals surface area contributed by atoms with Gasteiger partial charge in [-0.15, -0.1) is 0 Å². The Balaban J connectivity index is 2.26. The fraction of sp³-hybridized carbons (Fsp3) is 0.429. The number of carbonyl (C=O) groups is 2. The highest BCUT2D eigenvalue weighted by Crippen LogP contribution is 2.09. The zero-order chi connectivity index (χ0) is 14.3. The lowest BCUT2D eigenvalue weighted by Gasteiger charge is -2.08. The molecule has 1 aromatic carbocycles. The number of hydrogen-bond donors (Lipinski definition) is 3. The molecule has 5 heteroatoms. The highest BCUT2D eigenvalue weighted by atomic mass is 16.3. The maximum Gasteiger partial charge on any atom is 0.309 e. The molecule has 1 aromatic rings. The summed E-state index contributed by atoms with van der Waals surface area (Å²) in [6.45, 7) is 4.80. The summed E-state index contributed by atoms with van der Waals surface area (Å²) in [5.41, 5.74) is 0.987. The lowest BCUT2D eigenvalue weighted by molar-refractivity contribution is -0.139. The molecule has 0 aliphatic carbocycles. The van der Waals surface area contributed by atoms with E-state index in [1.807, 2.05) is 13.8 Å². The van der Waals surface area contributed by atoms with Crippen LogP contribution in [0.5, 0.6) is 5.75 Å². The third-order valence-corrected chi connectivity index (χ3v) is 2.51. The second-order valence-corrected chi connectivity index (χ2v) is 4.78. The molecule has 0 bridgehead atoms. The lowest BCUT2D eigenvalue weighted by Crippen LogP contribution is -2.41. The van der Waals surface area contributed by atoms with Crippen LogP contribution in [0.3, 0.4) is 0 Å². The van der Waals surface area contributed by atoms with Crippen LogP contribution < -0.4 is 10.6 Å². The number of aromatic hydroxyl groups is 1. The molecule has 0 unspecified atom stereocenters. The van der Waals surface area contributed by atoms with Gasteiger partial charge in [-0.1, -0.05) is 26.0 Å². The van der Waals surface area contributed by atoms with Gasteiger partial charge in [-0.25, -0.2) is 0 Å². The molecule has 0 aliphatic heterocycles. The average molecular weight is 264 g/mol. The van der Waals surface area contributed by atoms with Crippen LogP contribution in [0.1, 0.15) is 19.4 Å². The topological polar surface area (TPSA) is 78.4 Å². The molecule has 3 N–H and O–H groups in total. The van der Waals surface area contributed by atoms with E-state index in [9.17, 15) is 9.59 Å². The highest BCUT2D eigenvalue weighted by Gasteiger charge is 2.12. The average Bonchev–Trinajstić information content (AvgIpc) is 2.38. The van der Waals surface area contributed by atoms with E-state index < -0.39 is 11.8 Å². The fourth-order valence-electron chi connectivity index (χ4n) is 1.44. The number of phenols is 1. The van der Waals surface area contributed by atoms with Crippen molar-refractivity contribution in [3.8, 4) is 5.75 Å². The van der Waals surface area contributed by atoms with Gasteiger partial charge in [-0.3, -0.25) is 9.59 Å². The number of amides is 2. The van der Waals surface area contributed by atoms with Crippen molar-refractivity contribution >= 4 is 11.8 Å². The van der Waals surface area contributed by atoms with Gasteiger partial charge in [-0.05, 0) is 30.0 Å². The van der Waals surface area contributed by atoms with Crippen molar-refractivity contribution in [2.45, 2.75) is 20.3 Å². The summed E-state index contributed by atoms with van der Waals surface area (Å²) in [5, 5.41) is 14.2. The largest absolute Gasteiger partial charge is 0.508 e. The second-order valence-electron chi connectivity index (χ2n) is 4.78. The number of phenolic OH excluding ortho intramolecular Hbond substituents is 1. The molecule has 5 nitrogen and oxygen atoms in total. The van der Waals surface area contributed by atoms with Crippen molar-refractivity contribution in [1.82, 2.24) is 10.6 Å². The predicted molar refractivity (Wildman–Crippen MR) is 72.7 cm³/mol. The first-order chi connectivity index (χ1) is 8.99. The summed E-state index contributed by atoms with van der Waals surface area (Å²) in [6, 6.07) is 6.74. The number of carbonyl (C=O) groups excluding carboxylic acids is 2. The van der Waals surface area contributed by atoms with Crippen molar-refractivity contribution in [2.75, 3.05) is 13.1 Å². The molecule has 2 amide bonds. The van der Waals surface area contributed by atoms with E-state index in [1.54, 1.807) is 24.3 Å². The summed E-state index contributed by atoms with van der Waals surface area (Å²) >= 11 is 0.